The summed E-state index contributed by atoms with van der Waals surface area (Å²) in [7, 11) is -4.45. The zero-order chi connectivity index (χ0) is 18.6. The first-order chi connectivity index (χ1) is 11.7. The number of hydrogen-bond acceptors (Lipinski definition) is 6. The minimum Gasteiger partial charge on any atom is -0.507 e. The van der Waals surface area contributed by atoms with E-state index in [1.54, 1.807) is 6.07 Å². The largest absolute Gasteiger partial charge is 0.507 e. The minimum absolute atomic E-state index is 0.0709. The summed E-state index contributed by atoms with van der Waals surface area (Å²) in [5, 5.41) is 28.3. The third-order valence-corrected chi connectivity index (χ3v) is 4.16. The van der Waals surface area contributed by atoms with Crippen LogP contribution in [0.2, 0.25) is 0 Å². The minimum atomic E-state index is -4.45. The predicted octanol–water partition coefficient (Wildman–Crippen LogP) is 2.11. The summed E-state index contributed by atoms with van der Waals surface area (Å²) in [5.74, 6) is -1.38. The molecule has 2 rings (SSSR count). The lowest BCUT2D eigenvalue weighted by atomic mass is 10.1. The fourth-order valence-electron chi connectivity index (χ4n) is 2.02. The van der Waals surface area contributed by atoms with Crippen molar-refractivity contribution in [3.63, 3.8) is 0 Å². The zero-order valence-corrected chi connectivity index (χ0v) is 13.6. The fourth-order valence-corrected chi connectivity index (χ4v) is 2.52. The van der Waals surface area contributed by atoms with Crippen LogP contribution in [0.25, 0.3) is 0 Å². The Balaban J connectivity index is 2.33. The normalized spacial score (nSPS) is 11.7. The van der Waals surface area contributed by atoms with E-state index in [9.17, 15) is 23.4 Å². The third-order valence-electron chi connectivity index (χ3n) is 3.31. The molecule has 0 heterocycles. The van der Waals surface area contributed by atoms with Crippen LogP contribution in [0.5, 0.6) is 11.5 Å². The van der Waals surface area contributed by atoms with Crippen LogP contribution in [-0.2, 0) is 21.3 Å². The molecule has 0 atom stereocenters. The van der Waals surface area contributed by atoms with Crippen LogP contribution in [0.3, 0.4) is 0 Å². The number of aryl methyl sites for hydroxylation is 1. The van der Waals surface area contributed by atoms with Gasteiger partial charge in [-0.25, -0.2) is 0 Å². The van der Waals surface area contributed by atoms with E-state index in [-0.39, 0.29) is 35.6 Å². The van der Waals surface area contributed by atoms with Crippen LogP contribution in [0.15, 0.2) is 46.3 Å². The summed E-state index contributed by atoms with van der Waals surface area (Å²) < 4.78 is 31.3. The first-order valence-corrected chi connectivity index (χ1v) is 8.49. The number of nitrogens with zero attached hydrogens (tertiary/aromatic N) is 1. The molecule has 0 amide bonds. The van der Waals surface area contributed by atoms with Crippen molar-refractivity contribution in [2.24, 2.45) is 4.99 Å². The molecule has 0 radical (unpaired) electrons. The van der Waals surface area contributed by atoms with Crippen LogP contribution in [0, 0.1) is 0 Å². The predicted molar refractivity (Wildman–Crippen MR) is 89.2 cm³/mol. The van der Waals surface area contributed by atoms with E-state index in [4.69, 9.17) is 9.66 Å². The molecule has 0 aromatic heterocycles. The number of aliphatic carboxylic acids is 1. The van der Waals surface area contributed by atoms with E-state index in [0.717, 1.165) is 18.2 Å². The number of hydrogen-bond donors (Lipinski definition) is 4. The van der Waals surface area contributed by atoms with Crippen molar-refractivity contribution in [3.8, 4) is 11.5 Å². The SMILES string of the molecule is O=C(O)CCc1ccc(O)c(/C=N/c2cc(S(=O)(=O)O)ccc2O)c1. The van der Waals surface area contributed by atoms with Gasteiger partial charge in [0.05, 0.1) is 4.90 Å². The zero-order valence-electron chi connectivity index (χ0n) is 12.8. The Morgan fingerprint density at radius 3 is 2.40 bits per heavy atom. The molecule has 0 aliphatic rings. The Hall–Kier alpha value is -2.91. The van der Waals surface area contributed by atoms with Crippen molar-refractivity contribution in [3.05, 3.63) is 47.5 Å². The number of benzene rings is 2. The van der Waals surface area contributed by atoms with Crippen LogP contribution in [0.4, 0.5) is 5.69 Å². The molecule has 8 nitrogen and oxygen atoms in total. The van der Waals surface area contributed by atoms with Crippen molar-refractivity contribution in [1.29, 1.82) is 0 Å². The van der Waals surface area contributed by atoms with Gasteiger partial charge in [0, 0.05) is 18.2 Å². The van der Waals surface area contributed by atoms with Crippen LogP contribution < -0.4 is 0 Å². The van der Waals surface area contributed by atoms with Crippen molar-refractivity contribution in [2.45, 2.75) is 17.7 Å². The van der Waals surface area contributed by atoms with Crippen molar-refractivity contribution in [2.75, 3.05) is 0 Å². The summed E-state index contributed by atoms with van der Waals surface area (Å²) >= 11 is 0. The maximum Gasteiger partial charge on any atom is 0.303 e. The molecule has 132 valence electrons. The number of aromatic hydroxyl groups is 2. The second-order valence-corrected chi connectivity index (χ2v) is 6.59. The summed E-state index contributed by atoms with van der Waals surface area (Å²) in [6.45, 7) is 0. The molecule has 0 bridgehead atoms. The highest BCUT2D eigenvalue weighted by atomic mass is 32.2. The maximum absolute atomic E-state index is 11.1. The molecular formula is C16H15NO7S. The summed E-state index contributed by atoms with van der Waals surface area (Å²) in [6.07, 6.45) is 1.39. The molecule has 0 aliphatic carbocycles. The molecule has 2 aromatic carbocycles. The number of carboxylic acid groups (broad SMARTS) is 1. The van der Waals surface area contributed by atoms with Gasteiger partial charge in [-0.2, -0.15) is 8.42 Å². The Bertz CT molecular complexity index is 935. The van der Waals surface area contributed by atoms with Gasteiger partial charge in [0.25, 0.3) is 10.1 Å². The molecule has 0 saturated carbocycles. The molecule has 0 saturated heterocycles. The van der Waals surface area contributed by atoms with E-state index in [2.05, 4.69) is 4.99 Å². The number of phenols is 2. The molecule has 0 unspecified atom stereocenters. The lowest BCUT2D eigenvalue weighted by Crippen LogP contribution is -1.98. The topological polar surface area (TPSA) is 144 Å². The molecular weight excluding hydrogens is 350 g/mol. The highest BCUT2D eigenvalue weighted by Crippen LogP contribution is 2.29. The van der Waals surface area contributed by atoms with Gasteiger partial charge in [-0.1, -0.05) is 6.07 Å². The molecule has 25 heavy (non-hydrogen) atoms. The first-order valence-electron chi connectivity index (χ1n) is 7.05. The van der Waals surface area contributed by atoms with Gasteiger partial charge in [0.2, 0.25) is 0 Å². The van der Waals surface area contributed by atoms with Gasteiger partial charge in [-0.15, -0.1) is 0 Å². The average Bonchev–Trinajstić information content (AvgIpc) is 2.53. The number of rotatable bonds is 6. The van der Waals surface area contributed by atoms with E-state index in [0.29, 0.717) is 5.56 Å². The number of aliphatic imine (C=N–C) groups is 1. The van der Waals surface area contributed by atoms with Crippen molar-refractivity contribution < 1.29 is 33.1 Å². The Labute approximate surface area is 143 Å². The molecule has 4 N–H and O–H groups in total. The lowest BCUT2D eigenvalue weighted by molar-refractivity contribution is -0.136. The van der Waals surface area contributed by atoms with Gasteiger partial charge >= 0.3 is 5.97 Å². The molecule has 9 heteroatoms. The molecule has 0 fully saturated rings. The van der Waals surface area contributed by atoms with Gasteiger partial charge in [-0.05, 0) is 42.3 Å². The smallest absolute Gasteiger partial charge is 0.303 e. The molecule has 0 aliphatic heterocycles. The molecule has 0 spiro atoms. The Morgan fingerprint density at radius 1 is 1.08 bits per heavy atom. The Kier molecular flexibility index (Phi) is 5.40. The second-order valence-electron chi connectivity index (χ2n) is 5.17. The van der Waals surface area contributed by atoms with Crippen LogP contribution in [0.1, 0.15) is 17.5 Å². The third kappa shape index (κ3) is 5.03. The van der Waals surface area contributed by atoms with Crippen LogP contribution in [-0.4, -0.2) is 40.5 Å². The van der Waals surface area contributed by atoms with Gasteiger partial charge < -0.3 is 15.3 Å². The van der Waals surface area contributed by atoms with Gasteiger partial charge in [0.1, 0.15) is 17.2 Å². The standard InChI is InChI=1S/C16H15NO7S/c18-14-4-1-10(2-6-16(20)21)7-11(14)9-17-13-8-12(25(22,23)24)3-5-15(13)19/h1,3-5,7-9,18-19H,2,6H2,(H,20,21)(H,22,23,24)/b17-9+. The number of phenolic OH excluding ortho intramolecular Hbond substituents is 2. The van der Waals surface area contributed by atoms with E-state index >= 15 is 0 Å². The first kappa shape index (κ1) is 18.4. The van der Waals surface area contributed by atoms with E-state index < -0.39 is 21.0 Å². The lowest BCUT2D eigenvalue weighted by Gasteiger charge is -2.04. The second kappa shape index (κ2) is 7.32. The maximum atomic E-state index is 11.1. The number of carboxylic acids is 1. The monoisotopic (exact) mass is 365 g/mol. The van der Waals surface area contributed by atoms with Crippen molar-refractivity contribution in [1.82, 2.24) is 0 Å². The number of carbonyl (C=O) groups is 1. The van der Waals surface area contributed by atoms with E-state index in [1.165, 1.54) is 18.3 Å². The fraction of sp³-hybridized carbons (Fsp3) is 0.125. The average molecular weight is 365 g/mol. The Morgan fingerprint density at radius 2 is 1.76 bits per heavy atom. The van der Waals surface area contributed by atoms with Gasteiger partial charge in [-0.3, -0.25) is 14.3 Å². The van der Waals surface area contributed by atoms with E-state index in [1.807, 2.05) is 0 Å². The highest BCUT2D eigenvalue weighted by Gasteiger charge is 2.12. The van der Waals surface area contributed by atoms with Crippen molar-refractivity contribution >= 4 is 28.0 Å². The quantitative estimate of drug-likeness (QED) is 0.453. The summed E-state index contributed by atoms with van der Waals surface area (Å²) in [5.41, 5.74) is 0.808. The summed E-state index contributed by atoms with van der Waals surface area (Å²) in [4.78, 5) is 14.1. The van der Waals surface area contributed by atoms with Crippen LogP contribution >= 0.6 is 0 Å². The molecule has 2 aromatic rings. The summed E-state index contributed by atoms with van der Waals surface area (Å²) in [6, 6.07) is 7.56. The highest BCUT2D eigenvalue weighted by molar-refractivity contribution is 7.85. The van der Waals surface area contributed by atoms with Gasteiger partial charge in [0.15, 0.2) is 0 Å².